The summed E-state index contributed by atoms with van der Waals surface area (Å²) < 4.78 is 5.14. The predicted molar refractivity (Wildman–Crippen MR) is 77.4 cm³/mol. The van der Waals surface area contributed by atoms with Gasteiger partial charge in [0.2, 0.25) is 11.8 Å². The fourth-order valence-electron chi connectivity index (χ4n) is 2.29. The van der Waals surface area contributed by atoms with E-state index >= 15 is 0 Å². The van der Waals surface area contributed by atoms with Crippen LogP contribution in [0.25, 0.3) is 0 Å². The van der Waals surface area contributed by atoms with E-state index in [1.165, 1.54) is 0 Å². The van der Waals surface area contributed by atoms with Gasteiger partial charge in [0.1, 0.15) is 0 Å². The minimum absolute atomic E-state index is 0.0936. The molecule has 0 bridgehead atoms. The summed E-state index contributed by atoms with van der Waals surface area (Å²) in [5.74, 6) is 0.736. The summed E-state index contributed by atoms with van der Waals surface area (Å²) in [5, 5.41) is 6.71. The lowest BCUT2D eigenvalue weighted by Crippen LogP contribution is -2.33. The summed E-state index contributed by atoms with van der Waals surface area (Å²) in [6, 6.07) is 1.93. The van der Waals surface area contributed by atoms with Gasteiger partial charge in [0.25, 0.3) is 0 Å². The zero-order chi connectivity index (χ0) is 14.9. The fourth-order valence-corrected chi connectivity index (χ4v) is 2.29. The van der Waals surface area contributed by atoms with E-state index in [-0.39, 0.29) is 17.4 Å². The number of nitrogens with zero attached hydrogens (tertiary/aromatic N) is 2. The Morgan fingerprint density at radius 1 is 1.55 bits per heavy atom. The van der Waals surface area contributed by atoms with Crippen LogP contribution in [0, 0.1) is 5.92 Å². The van der Waals surface area contributed by atoms with Crippen molar-refractivity contribution in [2.24, 2.45) is 11.7 Å². The topological polar surface area (TPSA) is 84.4 Å². The lowest BCUT2D eigenvalue weighted by Gasteiger charge is -2.14. The van der Waals surface area contributed by atoms with Crippen LogP contribution in [0.5, 0.6) is 0 Å². The van der Waals surface area contributed by atoms with Gasteiger partial charge in [0, 0.05) is 30.6 Å². The van der Waals surface area contributed by atoms with Crippen molar-refractivity contribution in [1.29, 1.82) is 0 Å². The molecular weight excluding hydrogens is 256 g/mol. The number of nitrogens with one attached hydrogen (secondary N) is 1. The molecule has 3 N–H and O–H groups in total. The number of anilines is 1. The molecule has 2 unspecified atom stereocenters. The second-order valence-electron chi connectivity index (χ2n) is 6.71. The first-order valence-electron chi connectivity index (χ1n) is 7.00. The highest BCUT2D eigenvalue weighted by Crippen LogP contribution is 2.23. The van der Waals surface area contributed by atoms with Crippen molar-refractivity contribution in [3.63, 3.8) is 0 Å². The number of amides is 1. The van der Waals surface area contributed by atoms with Crippen molar-refractivity contribution in [2.75, 3.05) is 25.0 Å². The predicted octanol–water partition coefficient (Wildman–Crippen LogP) is 1.19. The van der Waals surface area contributed by atoms with Crippen molar-refractivity contribution < 1.29 is 9.32 Å². The molecule has 0 aromatic carbocycles. The number of nitrogens with two attached hydrogens (primary N) is 1. The molecule has 1 aliphatic rings. The van der Waals surface area contributed by atoms with Crippen molar-refractivity contribution in [3.05, 3.63) is 11.8 Å². The third-order valence-corrected chi connectivity index (χ3v) is 3.65. The van der Waals surface area contributed by atoms with Crippen LogP contribution in [-0.4, -0.2) is 41.6 Å². The molecule has 1 aromatic heterocycles. The molecule has 1 aromatic rings. The lowest BCUT2D eigenvalue weighted by molar-refractivity contribution is -0.117. The number of carbonyl (C=O) groups is 1. The monoisotopic (exact) mass is 280 g/mol. The Labute approximate surface area is 119 Å². The lowest BCUT2D eigenvalue weighted by atomic mass is 9.92. The zero-order valence-corrected chi connectivity index (χ0v) is 12.6. The molecular formula is C14H24N4O2. The molecule has 2 rings (SSSR count). The molecule has 1 amide bonds. The smallest absolute Gasteiger partial charge is 0.240 e. The second kappa shape index (κ2) is 5.54. The maximum Gasteiger partial charge on any atom is 0.240 e. The minimum Gasteiger partial charge on any atom is -0.338 e. The first kappa shape index (κ1) is 15.0. The van der Waals surface area contributed by atoms with E-state index in [1.54, 1.807) is 6.07 Å². The Morgan fingerprint density at radius 3 is 2.75 bits per heavy atom. The number of aromatic nitrogens is 1. The number of hydrogen-bond donors (Lipinski definition) is 2. The van der Waals surface area contributed by atoms with Crippen LogP contribution in [0.1, 0.15) is 33.4 Å². The Kier molecular flexibility index (Phi) is 4.15. The normalized spacial score (nSPS) is 24.1. The molecule has 1 saturated heterocycles. The van der Waals surface area contributed by atoms with E-state index in [4.69, 9.17) is 10.3 Å². The third kappa shape index (κ3) is 3.58. The van der Waals surface area contributed by atoms with E-state index < -0.39 is 0 Å². The van der Waals surface area contributed by atoms with Crippen molar-refractivity contribution in [2.45, 2.75) is 39.2 Å². The number of likely N-dealkylation sites (tertiary alicyclic amines) is 1. The van der Waals surface area contributed by atoms with Crippen molar-refractivity contribution in [3.8, 4) is 0 Å². The highest BCUT2D eigenvalue weighted by molar-refractivity contribution is 5.91. The number of hydrogen-bond acceptors (Lipinski definition) is 5. The van der Waals surface area contributed by atoms with Crippen LogP contribution in [0.2, 0.25) is 0 Å². The Bertz CT molecular complexity index is 468. The van der Waals surface area contributed by atoms with Gasteiger partial charge in [-0.1, -0.05) is 32.9 Å². The molecule has 2 atom stereocenters. The summed E-state index contributed by atoms with van der Waals surface area (Å²) >= 11 is 0. The number of rotatable bonds is 3. The van der Waals surface area contributed by atoms with E-state index in [2.05, 4.69) is 22.3 Å². The van der Waals surface area contributed by atoms with Crippen LogP contribution in [0.15, 0.2) is 10.6 Å². The molecule has 1 fully saturated rings. The Morgan fingerprint density at radius 2 is 2.25 bits per heavy atom. The molecule has 0 aliphatic carbocycles. The first-order valence-corrected chi connectivity index (χ1v) is 7.00. The molecule has 0 spiro atoms. The molecule has 0 saturated carbocycles. The van der Waals surface area contributed by atoms with E-state index in [0.29, 0.717) is 18.3 Å². The maximum atomic E-state index is 12.0. The first-order chi connectivity index (χ1) is 9.25. The summed E-state index contributed by atoms with van der Waals surface area (Å²) in [6.07, 6.45) is 0. The zero-order valence-electron chi connectivity index (χ0n) is 12.6. The maximum absolute atomic E-state index is 12.0. The molecule has 112 valence electrons. The van der Waals surface area contributed by atoms with Gasteiger partial charge in [0.15, 0.2) is 0 Å². The van der Waals surface area contributed by atoms with Crippen LogP contribution in [0.4, 0.5) is 5.88 Å². The van der Waals surface area contributed by atoms with Crippen LogP contribution in [-0.2, 0) is 10.2 Å². The molecule has 1 aliphatic heterocycles. The van der Waals surface area contributed by atoms with Gasteiger partial charge in [0.05, 0.1) is 12.2 Å². The Balaban J connectivity index is 1.87. The van der Waals surface area contributed by atoms with E-state index in [9.17, 15) is 4.79 Å². The van der Waals surface area contributed by atoms with Gasteiger partial charge in [-0.25, -0.2) is 0 Å². The summed E-state index contributed by atoms with van der Waals surface area (Å²) in [5.41, 5.74) is 6.68. The van der Waals surface area contributed by atoms with Crippen LogP contribution >= 0.6 is 0 Å². The van der Waals surface area contributed by atoms with Gasteiger partial charge in [-0.3, -0.25) is 15.0 Å². The van der Waals surface area contributed by atoms with Gasteiger partial charge < -0.3 is 10.3 Å². The molecule has 6 heteroatoms. The summed E-state index contributed by atoms with van der Waals surface area (Å²) in [7, 11) is 0. The molecule has 6 nitrogen and oxygen atoms in total. The average molecular weight is 280 g/mol. The average Bonchev–Trinajstić information content (AvgIpc) is 2.86. The molecule has 20 heavy (non-hydrogen) atoms. The summed E-state index contributed by atoms with van der Waals surface area (Å²) in [4.78, 5) is 14.0. The standard InChI is InChI=1S/C14H24N4O2/c1-9-6-18(7-10(9)15)8-12(19)16-13-5-11(17-20-13)14(2,3)4/h5,9-10H,6-8,15H2,1-4H3,(H,16,19). The van der Waals surface area contributed by atoms with E-state index in [0.717, 1.165) is 18.8 Å². The van der Waals surface area contributed by atoms with Crippen molar-refractivity contribution in [1.82, 2.24) is 10.1 Å². The van der Waals surface area contributed by atoms with Crippen LogP contribution < -0.4 is 11.1 Å². The minimum atomic E-state index is -0.0945. The highest BCUT2D eigenvalue weighted by atomic mass is 16.5. The van der Waals surface area contributed by atoms with Gasteiger partial charge in [-0.05, 0) is 5.92 Å². The second-order valence-corrected chi connectivity index (χ2v) is 6.71. The van der Waals surface area contributed by atoms with Gasteiger partial charge in [-0.15, -0.1) is 0 Å². The largest absolute Gasteiger partial charge is 0.338 e. The highest BCUT2D eigenvalue weighted by Gasteiger charge is 2.28. The SMILES string of the molecule is CC1CN(CC(=O)Nc2cc(C(C)(C)C)no2)CC1N. The van der Waals surface area contributed by atoms with Crippen LogP contribution in [0.3, 0.4) is 0 Å². The molecule has 0 radical (unpaired) electrons. The molecule has 2 heterocycles. The van der Waals surface area contributed by atoms with Gasteiger partial charge in [-0.2, -0.15) is 0 Å². The number of carbonyl (C=O) groups excluding carboxylic acids is 1. The fraction of sp³-hybridized carbons (Fsp3) is 0.714. The Hall–Kier alpha value is -1.40. The third-order valence-electron chi connectivity index (χ3n) is 3.65. The quantitative estimate of drug-likeness (QED) is 0.869. The summed E-state index contributed by atoms with van der Waals surface area (Å²) in [6.45, 7) is 10.2. The van der Waals surface area contributed by atoms with Gasteiger partial charge >= 0.3 is 0 Å². The van der Waals surface area contributed by atoms with Crippen molar-refractivity contribution >= 4 is 11.8 Å². The van der Waals surface area contributed by atoms with E-state index in [1.807, 2.05) is 20.8 Å².